The predicted octanol–water partition coefficient (Wildman–Crippen LogP) is 8.25. The molecule has 0 saturated heterocycles. The van der Waals surface area contributed by atoms with Crippen molar-refractivity contribution < 1.29 is 19.1 Å². The van der Waals surface area contributed by atoms with Crippen LogP contribution in [-0.2, 0) is 22.6 Å². The fourth-order valence-corrected chi connectivity index (χ4v) is 3.53. The van der Waals surface area contributed by atoms with Crippen molar-refractivity contribution in [3.63, 3.8) is 0 Å². The normalized spacial score (nSPS) is 11.1. The first kappa shape index (κ1) is 30.6. The SMILES string of the molecule is CC(C)(C)OC(=O)NCc1cccc(Br)c1Cl.CC(C)(C)OC(=O)NCc1cccc(Br)c1Cl. The quantitative estimate of drug-likeness (QED) is 0.353. The number of rotatable bonds is 4. The van der Waals surface area contributed by atoms with E-state index in [9.17, 15) is 9.59 Å². The van der Waals surface area contributed by atoms with Gasteiger partial charge in [0.15, 0.2) is 0 Å². The Morgan fingerprint density at radius 3 is 1.35 bits per heavy atom. The predicted molar refractivity (Wildman–Crippen MR) is 144 cm³/mol. The van der Waals surface area contributed by atoms with Gasteiger partial charge >= 0.3 is 12.2 Å². The van der Waals surface area contributed by atoms with Crippen molar-refractivity contribution in [1.82, 2.24) is 10.6 Å². The number of nitrogens with one attached hydrogen (secondary N) is 2. The molecule has 0 heterocycles. The molecule has 2 rings (SSSR count). The van der Waals surface area contributed by atoms with E-state index in [1.165, 1.54) is 0 Å². The van der Waals surface area contributed by atoms with Gasteiger partial charge in [0.2, 0.25) is 0 Å². The molecule has 0 aliphatic carbocycles. The Kier molecular flexibility index (Phi) is 12.2. The van der Waals surface area contributed by atoms with Gasteiger partial charge in [0.05, 0.1) is 10.0 Å². The maximum Gasteiger partial charge on any atom is 0.407 e. The van der Waals surface area contributed by atoms with E-state index in [0.29, 0.717) is 23.1 Å². The highest BCUT2D eigenvalue weighted by atomic mass is 79.9. The minimum absolute atomic E-state index is 0.340. The van der Waals surface area contributed by atoms with Gasteiger partial charge < -0.3 is 20.1 Å². The highest BCUT2D eigenvalue weighted by Gasteiger charge is 2.17. The Labute approximate surface area is 228 Å². The van der Waals surface area contributed by atoms with Crippen molar-refractivity contribution in [2.75, 3.05) is 0 Å². The van der Waals surface area contributed by atoms with Crippen LogP contribution >= 0.6 is 55.1 Å². The van der Waals surface area contributed by atoms with Crippen molar-refractivity contribution >= 4 is 67.2 Å². The molecule has 2 N–H and O–H groups in total. The maximum absolute atomic E-state index is 11.4. The lowest BCUT2D eigenvalue weighted by Gasteiger charge is -2.19. The van der Waals surface area contributed by atoms with Crippen LogP contribution in [0.15, 0.2) is 45.3 Å². The Morgan fingerprint density at radius 2 is 1.06 bits per heavy atom. The molecule has 10 heteroatoms. The fourth-order valence-electron chi connectivity index (χ4n) is 2.33. The second kappa shape index (κ2) is 13.6. The average molecular weight is 641 g/mol. The summed E-state index contributed by atoms with van der Waals surface area (Å²) in [7, 11) is 0. The van der Waals surface area contributed by atoms with E-state index >= 15 is 0 Å². The molecule has 34 heavy (non-hydrogen) atoms. The van der Waals surface area contributed by atoms with E-state index in [1.54, 1.807) is 0 Å². The van der Waals surface area contributed by atoms with Gasteiger partial charge in [-0.05, 0) is 96.7 Å². The zero-order chi connectivity index (χ0) is 26.1. The van der Waals surface area contributed by atoms with Crippen molar-refractivity contribution in [3.8, 4) is 0 Å². The number of ether oxygens (including phenoxy) is 2. The van der Waals surface area contributed by atoms with E-state index in [2.05, 4.69) is 42.5 Å². The molecule has 0 radical (unpaired) electrons. The van der Waals surface area contributed by atoms with Crippen molar-refractivity contribution in [2.45, 2.75) is 65.8 Å². The standard InChI is InChI=1S/2C12H15BrClNO2/c2*1-12(2,3)17-11(16)15-7-8-5-4-6-9(13)10(8)14/h2*4-6H,7H2,1-3H3,(H,15,16). The molecule has 0 saturated carbocycles. The van der Waals surface area contributed by atoms with E-state index in [-0.39, 0.29) is 0 Å². The summed E-state index contributed by atoms with van der Waals surface area (Å²) < 4.78 is 11.9. The summed E-state index contributed by atoms with van der Waals surface area (Å²) in [5.74, 6) is 0. The van der Waals surface area contributed by atoms with Gasteiger partial charge in [-0.3, -0.25) is 0 Å². The van der Waals surface area contributed by atoms with Gasteiger partial charge in [-0.15, -0.1) is 0 Å². The lowest BCUT2D eigenvalue weighted by Crippen LogP contribution is -2.32. The number of carbonyl (C=O) groups excluding carboxylic acids is 2. The van der Waals surface area contributed by atoms with Crippen LogP contribution in [-0.4, -0.2) is 23.4 Å². The first-order chi connectivity index (χ1) is 15.6. The largest absolute Gasteiger partial charge is 0.444 e. The van der Waals surface area contributed by atoms with Crippen LogP contribution < -0.4 is 10.6 Å². The molecule has 2 amide bonds. The lowest BCUT2D eigenvalue weighted by molar-refractivity contribution is 0.0512. The number of hydrogen-bond donors (Lipinski definition) is 2. The molecule has 0 fully saturated rings. The van der Waals surface area contributed by atoms with Crippen LogP contribution in [0.25, 0.3) is 0 Å². The van der Waals surface area contributed by atoms with Crippen LogP contribution in [0.5, 0.6) is 0 Å². The third-order valence-electron chi connectivity index (χ3n) is 3.71. The third kappa shape index (κ3) is 12.3. The maximum atomic E-state index is 11.4. The van der Waals surface area contributed by atoms with Crippen molar-refractivity contribution in [2.24, 2.45) is 0 Å². The summed E-state index contributed by atoms with van der Waals surface area (Å²) >= 11 is 18.8. The minimum Gasteiger partial charge on any atom is -0.444 e. The molecular weight excluding hydrogens is 611 g/mol. The van der Waals surface area contributed by atoms with Gasteiger partial charge in [0.25, 0.3) is 0 Å². The van der Waals surface area contributed by atoms with E-state index in [4.69, 9.17) is 32.7 Å². The molecule has 2 aromatic rings. The Balaban J connectivity index is 0.000000340. The molecule has 0 unspecified atom stereocenters. The highest BCUT2D eigenvalue weighted by Crippen LogP contribution is 2.26. The summed E-state index contributed by atoms with van der Waals surface area (Å²) in [4.78, 5) is 22.9. The second-order valence-electron chi connectivity index (χ2n) is 9.14. The molecule has 0 aliphatic rings. The first-order valence-corrected chi connectivity index (χ1v) is 12.7. The summed E-state index contributed by atoms with van der Waals surface area (Å²) in [5, 5.41) is 6.52. The summed E-state index contributed by atoms with van der Waals surface area (Å²) in [6, 6.07) is 11.1. The number of hydrogen-bond acceptors (Lipinski definition) is 4. The van der Waals surface area contributed by atoms with Gasteiger partial charge in [-0.2, -0.15) is 0 Å². The second-order valence-corrected chi connectivity index (χ2v) is 11.6. The monoisotopic (exact) mass is 638 g/mol. The minimum atomic E-state index is -0.495. The average Bonchev–Trinajstić information content (AvgIpc) is 2.68. The Morgan fingerprint density at radius 1 is 0.735 bits per heavy atom. The molecular formula is C24H30Br2Cl2N2O4. The molecule has 0 aliphatic heterocycles. The molecule has 6 nitrogen and oxygen atoms in total. The third-order valence-corrected chi connectivity index (χ3v) is 6.38. The van der Waals surface area contributed by atoms with Gasteiger partial charge in [-0.1, -0.05) is 47.5 Å². The molecule has 0 bridgehead atoms. The number of benzene rings is 2. The summed E-state index contributed by atoms with van der Waals surface area (Å²) in [6.07, 6.45) is -0.901. The van der Waals surface area contributed by atoms with Crippen molar-refractivity contribution in [1.29, 1.82) is 0 Å². The van der Waals surface area contributed by atoms with Crippen LogP contribution in [0.2, 0.25) is 10.0 Å². The number of amides is 2. The summed E-state index contributed by atoms with van der Waals surface area (Å²) in [5.41, 5.74) is 0.690. The molecule has 0 spiro atoms. The van der Waals surface area contributed by atoms with E-state index < -0.39 is 23.4 Å². The van der Waals surface area contributed by atoms with Gasteiger partial charge in [-0.25, -0.2) is 9.59 Å². The van der Waals surface area contributed by atoms with Crippen LogP contribution in [0.3, 0.4) is 0 Å². The zero-order valence-corrected chi connectivity index (χ0v) is 24.7. The van der Waals surface area contributed by atoms with Crippen LogP contribution in [0.4, 0.5) is 9.59 Å². The van der Waals surface area contributed by atoms with Crippen molar-refractivity contribution in [3.05, 3.63) is 66.5 Å². The number of carbonyl (C=O) groups is 2. The number of halogens is 4. The first-order valence-electron chi connectivity index (χ1n) is 10.4. The van der Waals surface area contributed by atoms with Gasteiger partial charge in [0.1, 0.15) is 11.2 Å². The lowest BCUT2D eigenvalue weighted by atomic mass is 10.2. The smallest absolute Gasteiger partial charge is 0.407 e. The summed E-state index contributed by atoms with van der Waals surface area (Å²) in [6.45, 7) is 11.6. The van der Waals surface area contributed by atoms with E-state index in [0.717, 1.165) is 20.1 Å². The van der Waals surface area contributed by atoms with Gasteiger partial charge in [0, 0.05) is 22.0 Å². The van der Waals surface area contributed by atoms with E-state index in [1.807, 2.05) is 77.9 Å². The molecule has 188 valence electrons. The molecule has 2 aromatic carbocycles. The Hall–Kier alpha value is -1.48. The Bertz CT molecular complexity index is 910. The zero-order valence-electron chi connectivity index (χ0n) is 20.0. The molecule has 0 aromatic heterocycles. The number of alkyl carbamates (subject to hydrolysis) is 2. The fraction of sp³-hybridized carbons (Fsp3) is 0.417. The van der Waals surface area contributed by atoms with Crippen LogP contribution in [0.1, 0.15) is 52.7 Å². The molecule has 0 atom stereocenters. The topological polar surface area (TPSA) is 76.7 Å². The van der Waals surface area contributed by atoms with Crippen LogP contribution in [0, 0.1) is 0 Å². The highest BCUT2D eigenvalue weighted by molar-refractivity contribution is 9.10.